The first-order valence-corrected chi connectivity index (χ1v) is 7.69. The Balaban J connectivity index is 2.41. The van der Waals surface area contributed by atoms with Gasteiger partial charge in [0.2, 0.25) is 0 Å². The molecule has 0 radical (unpaired) electrons. The average molecular weight is 346 g/mol. The summed E-state index contributed by atoms with van der Waals surface area (Å²) in [5.41, 5.74) is 7.65. The summed E-state index contributed by atoms with van der Waals surface area (Å²) >= 11 is 11.2. The summed E-state index contributed by atoms with van der Waals surface area (Å²) in [7, 11) is 0. The van der Waals surface area contributed by atoms with Crippen molar-refractivity contribution in [3.8, 4) is 11.3 Å². The molecule has 96 valence electrons. The van der Waals surface area contributed by atoms with Gasteiger partial charge >= 0.3 is 0 Å². The Morgan fingerprint density at radius 3 is 2.83 bits per heavy atom. The molecule has 2 N–H and O–H groups in total. The van der Waals surface area contributed by atoms with Gasteiger partial charge in [0.15, 0.2) is 0 Å². The zero-order valence-electron chi connectivity index (χ0n) is 10.2. The fourth-order valence-electron chi connectivity index (χ4n) is 1.51. The summed E-state index contributed by atoms with van der Waals surface area (Å²) < 4.78 is 0.962. The van der Waals surface area contributed by atoms with E-state index in [1.807, 2.05) is 30.5 Å². The molecule has 18 heavy (non-hydrogen) atoms. The van der Waals surface area contributed by atoms with Crippen LogP contribution in [0.3, 0.4) is 0 Å². The van der Waals surface area contributed by atoms with Crippen LogP contribution in [-0.2, 0) is 5.54 Å². The molecule has 2 rings (SSSR count). The van der Waals surface area contributed by atoms with Gasteiger partial charge in [0, 0.05) is 15.4 Å². The molecule has 0 aliphatic rings. The summed E-state index contributed by atoms with van der Waals surface area (Å²) in [6.45, 7) is 4.06. The van der Waals surface area contributed by atoms with Crippen molar-refractivity contribution in [3.63, 3.8) is 0 Å². The van der Waals surface area contributed by atoms with E-state index in [1.165, 1.54) is 0 Å². The summed E-state index contributed by atoms with van der Waals surface area (Å²) in [5, 5.41) is 3.64. The maximum Gasteiger partial charge on any atom is 0.113 e. The molecule has 0 aliphatic carbocycles. The number of nitrogens with zero attached hydrogens (tertiary/aromatic N) is 1. The highest BCUT2D eigenvalue weighted by Crippen LogP contribution is 2.33. The van der Waals surface area contributed by atoms with Crippen molar-refractivity contribution >= 4 is 38.9 Å². The smallest absolute Gasteiger partial charge is 0.113 e. The second kappa shape index (κ2) is 5.29. The normalized spacial score (nSPS) is 14.5. The molecule has 2 nitrogen and oxygen atoms in total. The molecule has 0 saturated carbocycles. The topological polar surface area (TPSA) is 38.9 Å². The quantitative estimate of drug-likeness (QED) is 0.867. The lowest BCUT2D eigenvalue weighted by molar-refractivity contribution is 0.474. The van der Waals surface area contributed by atoms with Gasteiger partial charge in [0.25, 0.3) is 0 Å². The SMILES string of the molecule is CCC(C)(N)c1nc(-c2ccc(Br)cc2Cl)cs1. The Morgan fingerprint density at radius 2 is 2.22 bits per heavy atom. The Labute approximate surface area is 124 Å². The zero-order chi connectivity index (χ0) is 13.3. The van der Waals surface area contributed by atoms with Crippen LogP contribution in [-0.4, -0.2) is 4.98 Å². The predicted molar refractivity (Wildman–Crippen MR) is 82.1 cm³/mol. The van der Waals surface area contributed by atoms with Gasteiger partial charge in [-0.3, -0.25) is 0 Å². The van der Waals surface area contributed by atoms with E-state index in [1.54, 1.807) is 11.3 Å². The summed E-state index contributed by atoms with van der Waals surface area (Å²) in [5.74, 6) is 0. The van der Waals surface area contributed by atoms with E-state index in [9.17, 15) is 0 Å². The lowest BCUT2D eigenvalue weighted by Gasteiger charge is -2.18. The molecule has 0 amide bonds. The Kier molecular flexibility index (Phi) is 4.11. The van der Waals surface area contributed by atoms with Crippen LogP contribution in [0.1, 0.15) is 25.3 Å². The zero-order valence-corrected chi connectivity index (χ0v) is 13.4. The molecule has 0 aliphatic heterocycles. The fraction of sp³-hybridized carbons (Fsp3) is 0.308. The second-order valence-electron chi connectivity index (χ2n) is 4.43. The highest BCUT2D eigenvalue weighted by atomic mass is 79.9. The molecule has 1 unspecified atom stereocenters. The second-order valence-corrected chi connectivity index (χ2v) is 6.61. The molecular weight excluding hydrogens is 332 g/mol. The standard InChI is InChI=1S/C13H14BrClN2S/c1-3-13(2,16)12-17-11(7-18-12)9-5-4-8(14)6-10(9)15/h4-7H,3,16H2,1-2H3. The largest absolute Gasteiger partial charge is 0.320 e. The van der Waals surface area contributed by atoms with Crippen LogP contribution in [0, 0.1) is 0 Å². The van der Waals surface area contributed by atoms with E-state index in [2.05, 4.69) is 27.8 Å². The Morgan fingerprint density at radius 1 is 1.50 bits per heavy atom. The van der Waals surface area contributed by atoms with Crippen molar-refractivity contribution in [1.82, 2.24) is 4.98 Å². The highest BCUT2D eigenvalue weighted by molar-refractivity contribution is 9.10. The van der Waals surface area contributed by atoms with E-state index >= 15 is 0 Å². The van der Waals surface area contributed by atoms with Crippen LogP contribution in [0.4, 0.5) is 0 Å². The highest BCUT2D eigenvalue weighted by Gasteiger charge is 2.23. The first-order chi connectivity index (χ1) is 8.44. The van der Waals surface area contributed by atoms with Gasteiger partial charge < -0.3 is 5.73 Å². The van der Waals surface area contributed by atoms with E-state index in [0.717, 1.165) is 27.2 Å². The van der Waals surface area contributed by atoms with Crippen LogP contribution >= 0.6 is 38.9 Å². The lowest BCUT2D eigenvalue weighted by Crippen LogP contribution is -2.31. The Hall–Kier alpha value is -0.420. The molecule has 0 spiro atoms. The summed E-state index contributed by atoms with van der Waals surface area (Å²) in [4.78, 5) is 4.61. The first-order valence-electron chi connectivity index (χ1n) is 5.64. The molecule has 0 fully saturated rings. The molecule has 0 saturated heterocycles. The van der Waals surface area contributed by atoms with E-state index in [0.29, 0.717) is 5.02 Å². The number of hydrogen-bond acceptors (Lipinski definition) is 3. The van der Waals surface area contributed by atoms with Gasteiger partial charge in [0.05, 0.1) is 16.3 Å². The van der Waals surface area contributed by atoms with Gasteiger partial charge in [-0.1, -0.05) is 40.5 Å². The molecule has 2 aromatic rings. The van der Waals surface area contributed by atoms with E-state index in [4.69, 9.17) is 17.3 Å². The average Bonchev–Trinajstić information content (AvgIpc) is 2.79. The molecule has 1 atom stereocenters. The third kappa shape index (κ3) is 2.77. The molecular formula is C13H14BrClN2S. The minimum Gasteiger partial charge on any atom is -0.320 e. The first kappa shape index (κ1) is 14.0. The fourth-order valence-corrected chi connectivity index (χ4v) is 3.25. The maximum atomic E-state index is 6.22. The third-order valence-electron chi connectivity index (χ3n) is 2.93. The van der Waals surface area contributed by atoms with Gasteiger partial charge in [-0.15, -0.1) is 11.3 Å². The molecule has 5 heteroatoms. The molecule has 0 bridgehead atoms. The Bertz CT molecular complexity index is 566. The van der Waals surface area contributed by atoms with Gasteiger partial charge in [0.1, 0.15) is 5.01 Å². The monoisotopic (exact) mass is 344 g/mol. The minimum absolute atomic E-state index is 0.370. The van der Waals surface area contributed by atoms with Crippen molar-refractivity contribution in [2.45, 2.75) is 25.8 Å². The third-order valence-corrected chi connectivity index (χ3v) is 4.86. The van der Waals surface area contributed by atoms with Crippen LogP contribution in [0.5, 0.6) is 0 Å². The predicted octanol–water partition coefficient (Wildman–Crippen LogP) is 4.81. The van der Waals surface area contributed by atoms with Crippen molar-refractivity contribution in [2.24, 2.45) is 5.73 Å². The van der Waals surface area contributed by atoms with Gasteiger partial charge in [-0.05, 0) is 25.5 Å². The van der Waals surface area contributed by atoms with E-state index in [-0.39, 0.29) is 5.54 Å². The van der Waals surface area contributed by atoms with Crippen LogP contribution in [0.15, 0.2) is 28.1 Å². The number of rotatable bonds is 3. The molecule has 1 aromatic heterocycles. The number of hydrogen-bond donors (Lipinski definition) is 1. The van der Waals surface area contributed by atoms with Gasteiger partial charge in [-0.25, -0.2) is 4.98 Å². The summed E-state index contributed by atoms with van der Waals surface area (Å²) in [6, 6.07) is 5.80. The number of nitrogens with two attached hydrogens (primary N) is 1. The van der Waals surface area contributed by atoms with Crippen molar-refractivity contribution in [3.05, 3.63) is 38.1 Å². The maximum absolute atomic E-state index is 6.22. The number of halogens is 2. The number of aromatic nitrogens is 1. The molecule has 1 heterocycles. The van der Waals surface area contributed by atoms with Crippen LogP contribution < -0.4 is 5.73 Å². The van der Waals surface area contributed by atoms with Crippen LogP contribution in [0.2, 0.25) is 5.02 Å². The summed E-state index contributed by atoms with van der Waals surface area (Å²) in [6.07, 6.45) is 0.855. The van der Waals surface area contributed by atoms with Crippen molar-refractivity contribution in [2.75, 3.05) is 0 Å². The molecule has 1 aromatic carbocycles. The lowest BCUT2D eigenvalue weighted by atomic mass is 10.0. The van der Waals surface area contributed by atoms with E-state index < -0.39 is 0 Å². The van der Waals surface area contributed by atoms with Gasteiger partial charge in [-0.2, -0.15) is 0 Å². The number of benzene rings is 1. The van der Waals surface area contributed by atoms with Crippen molar-refractivity contribution in [1.29, 1.82) is 0 Å². The number of thiazole rings is 1. The minimum atomic E-state index is -0.370. The van der Waals surface area contributed by atoms with Crippen LogP contribution in [0.25, 0.3) is 11.3 Å². The van der Waals surface area contributed by atoms with Crippen molar-refractivity contribution < 1.29 is 0 Å².